The van der Waals surface area contributed by atoms with Gasteiger partial charge in [-0.15, -0.1) is 0 Å². The highest BCUT2D eigenvalue weighted by Crippen LogP contribution is 2.26. The van der Waals surface area contributed by atoms with E-state index in [-0.39, 0.29) is 0 Å². The summed E-state index contributed by atoms with van der Waals surface area (Å²) < 4.78 is 0. The van der Waals surface area contributed by atoms with Crippen molar-refractivity contribution in [2.45, 2.75) is 32.1 Å². The van der Waals surface area contributed by atoms with Crippen LogP contribution in [-0.2, 0) is 0 Å². The molecule has 2 heteroatoms. The van der Waals surface area contributed by atoms with Gasteiger partial charge in [0.15, 0.2) is 0 Å². The third-order valence-corrected chi connectivity index (χ3v) is 2.72. The number of hydrogen-bond donors (Lipinski definition) is 2. The Bertz CT molecular complexity index is 89.6. The van der Waals surface area contributed by atoms with Gasteiger partial charge in [0, 0.05) is 12.3 Å². The molecule has 0 bridgehead atoms. The zero-order chi connectivity index (χ0) is 7.94. The van der Waals surface area contributed by atoms with Gasteiger partial charge in [0.25, 0.3) is 0 Å². The molecule has 0 radical (unpaired) electrons. The lowest BCUT2D eigenvalue weighted by Gasteiger charge is -2.08. The van der Waals surface area contributed by atoms with Crippen molar-refractivity contribution in [3.8, 4) is 0 Å². The second-order valence-electron chi connectivity index (χ2n) is 3.41. The second-order valence-corrected chi connectivity index (χ2v) is 3.86. The summed E-state index contributed by atoms with van der Waals surface area (Å²) in [4.78, 5) is 0. The van der Waals surface area contributed by atoms with Crippen LogP contribution in [0.4, 0.5) is 0 Å². The average Bonchev–Trinajstić information content (AvgIpc) is 2.50. The largest absolute Gasteiger partial charge is 0.316 e. The molecule has 1 saturated carbocycles. The lowest BCUT2D eigenvalue weighted by Crippen LogP contribution is -2.19. The Morgan fingerprint density at radius 2 is 1.91 bits per heavy atom. The molecule has 0 spiro atoms. The van der Waals surface area contributed by atoms with Crippen LogP contribution < -0.4 is 5.32 Å². The molecule has 1 aliphatic rings. The summed E-state index contributed by atoms with van der Waals surface area (Å²) in [5.74, 6) is 1.99. The van der Waals surface area contributed by atoms with Crippen molar-refractivity contribution in [2.24, 2.45) is 5.92 Å². The summed E-state index contributed by atoms with van der Waals surface area (Å²) >= 11 is 4.14. The van der Waals surface area contributed by atoms with Crippen LogP contribution in [0.25, 0.3) is 0 Å². The van der Waals surface area contributed by atoms with Gasteiger partial charge in [-0.1, -0.05) is 25.7 Å². The molecule has 1 N–H and O–H groups in total. The van der Waals surface area contributed by atoms with E-state index in [0.29, 0.717) is 0 Å². The third kappa shape index (κ3) is 4.02. The maximum atomic E-state index is 4.14. The van der Waals surface area contributed by atoms with Crippen LogP contribution in [-0.4, -0.2) is 18.8 Å². The van der Waals surface area contributed by atoms with Gasteiger partial charge in [-0.2, -0.15) is 12.6 Å². The molecule has 0 heterocycles. The van der Waals surface area contributed by atoms with E-state index in [0.717, 1.165) is 18.2 Å². The van der Waals surface area contributed by atoms with Crippen molar-refractivity contribution < 1.29 is 0 Å². The standard InChI is InChI=1S/C9H19NS/c11-8-7-10-6-5-9-3-1-2-4-9/h9-11H,1-8H2. The maximum Gasteiger partial charge on any atom is 0.00397 e. The number of rotatable bonds is 5. The van der Waals surface area contributed by atoms with Crippen LogP contribution in [0.3, 0.4) is 0 Å². The van der Waals surface area contributed by atoms with Crippen molar-refractivity contribution in [2.75, 3.05) is 18.8 Å². The molecule has 0 unspecified atom stereocenters. The molecule has 0 aromatic heterocycles. The fourth-order valence-electron chi connectivity index (χ4n) is 1.81. The van der Waals surface area contributed by atoms with Gasteiger partial charge in [-0.3, -0.25) is 0 Å². The summed E-state index contributed by atoms with van der Waals surface area (Å²) in [6.45, 7) is 2.26. The molecular formula is C9H19NS. The van der Waals surface area contributed by atoms with Gasteiger partial charge in [-0.25, -0.2) is 0 Å². The normalized spacial score (nSPS) is 19.4. The second kappa shape index (κ2) is 5.90. The number of hydrogen-bond acceptors (Lipinski definition) is 2. The summed E-state index contributed by atoms with van der Waals surface area (Å²) in [5, 5.41) is 3.39. The van der Waals surface area contributed by atoms with Crippen LogP contribution in [0.2, 0.25) is 0 Å². The maximum absolute atomic E-state index is 4.14. The van der Waals surface area contributed by atoms with Crippen molar-refractivity contribution in [3.63, 3.8) is 0 Å². The van der Waals surface area contributed by atoms with Gasteiger partial charge in [0.2, 0.25) is 0 Å². The average molecular weight is 173 g/mol. The molecule has 0 aromatic carbocycles. The summed E-state index contributed by atoms with van der Waals surface area (Å²) in [7, 11) is 0. The van der Waals surface area contributed by atoms with E-state index in [9.17, 15) is 0 Å². The molecule has 0 saturated heterocycles. The van der Waals surface area contributed by atoms with E-state index in [1.54, 1.807) is 0 Å². The predicted octanol–water partition coefficient (Wildman–Crippen LogP) is 2.09. The van der Waals surface area contributed by atoms with Crippen LogP contribution in [0.15, 0.2) is 0 Å². The SMILES string of the molecule is SCCNCCC1CCCC1. The minimum Gasteiger partial charge on any atom is -0.316 e. The Morgan fingerprint density at radius 3 is 2.55 bits per heavy atom. The van der Waals surface area contributed by atoms with Crippen molar-refractivity contribution in [3.05, 3.63) is 0 Å². The number of thiol groups is 1. The smallest absolute Gasteiger partial charge is 0.00397 e. The van der Waals surface area contributed by atoms with Crippen LogP contribution in [0.5, 0.6) is 0 Å². The summed E-state index contributed by atoms with van der Waals surface area (Å²) in [6, 6.07) is 0. The molecule has 1 aliphatic carbocycles. The van der Waals surface area contributed by atoms with E-state index >= 15 is 0 Å². The minimum absolute atomic E-state index is 0.963. The zero-order valence-corrected chi connectivity index (χ0v) is 8.08. The predicted molar refractivity (Wildman–Crippen MR) is 53.3 cm³/mol. The first-order valence-corrected chi connectivity index (χ1v) is 5.38. The van der Waals surface area contributed by atoms with Gasteiger partial charge in [-0.05, 0) is 18.9 Å². The molecule has 66 valence electrons. The highest BCUT2D eigenvalue weighted by molar-refractivity contribution is 7.80. The topological polar surface area (TPSA) is 12.0 Å². The fraction of sp³-hybridized carbons (Fsp3) is 1.00. The van der Waals surface area contributed by atoms with Gasteiger partial charge in [0.05, 0.1) is 0 Å². The van der Waals surface area contributed by atoms with Crippen LogP contribution in [0, 0.1) is 5.92 Å². The van der Waals surface area contributed by atoms with Crippen molar-refractivity contribution in [1.29, 1.82) is 0 Å². The third-order valence-electron chi connectivity index (χ3n) is 2.49. The Labute approximate surface area is 75.4 Å². The van der Waals surface area contributed by atoms with Gasteiger partial charge >= 0.3 is 0 Å². The highest BCUT2D eigenvalue weighted by atomic mass is 32.1. The minimum atomic E-state index is 0.963. The molecule has 0 aliphatic heterocycles. The van der Waals surface area contributed by atoms with E-state index in [1.807, 2.05) is 0 Å². The molecule has 0 atom stereocenters. The van der Waals surface area contributed by atoms with Gasteiger partial charge < -0.3 is 5.32 Å². The Morgan fingerprint density at radius 1 is 1.18 bits per heavy atom. The van der Waals surface area contributed by atoms with Crippen molar-refractivity contribution in [1.82, 2.24) is 5.32 Å². The van der Waals surface area contributed by atoms with Crippen LogP contribution in [0.1, 0.15) is 32.1 Å². The molecule has 0 amide bonds. The molecular weight excluding hydrogens is 154 g/mol. The Kier molecular flexibility index (Phi) is 5.04. The molecule has 1 fully saturated rings. The Hall–Kier alpha value is 0.310. The lowest BCUT2D eigenvalue weighted by atomic mass is 10.0. The molecule has 0 aromatic rings. The van der Waals surface area contributed by atoms with Crippen molar-refractivity contribution >= 4 is 12.6 Å². The molecule has 1 nitrogen and oxygen atoms in total. The zero-order valence-electron chi connectivity index (χ0n) is 7.18. The first-order valence-electron chi connectivity index (χ1n) is 4.75. The van der Waals surface area contributed by atoms with Crippen LogP contribution >= 0.6 is 12.6 Å². The summed E-state index contributed by atoms with van der Waals surface area (Å²) in [5.41, 5.74) is 0. The first-order chi connectivity index (χ1) is 5.43. The molecule has 1 rings (SSSR count). The fourth-order valence-corrected chi connectivity index (χ4v) is 1.97. The van der Waals surface area contributed by atoms with E-state index in [4.69, 9.17) is 0 Å². The first kappa shape index (κ1) is 9.40. The molecule has 11 heavy (non-hydrogen) atoms. The van der Waals surface area contributed by atoms with E-state index in [1.165, 1.54) is 38.6 Å². The Balaban J connectivity index is 1.86. The number of nitrogens with one attached hydrogen (secondary N) is 1. The van der Waals surface area contributed by atoms with E-state index in [2.05, 4.69) is 17.9 Å². The van der Waals surface area contributed by atoms with E-state index < -0.39 is 0 Å². The highest BCUT2D eigenvalue weighted by Gasteiger charge is 2.13. The van der Waals surface area contributed by atoms with Gasteiger partial charge in [0.1, 0.15) is 0 Å². The monoisotopic (exact) mass is 173 g/mol. The lowest BCUT2D eigenvalue weighted by molar-refractivity contribution is 0.483. The summed E-state index contributed by atoms with van der Waals surface area (Å²) in [6.07, 6.45) is 7.27. The quantitative estimate of drug-likeness (QED) is 0.479.